The molecule has 108 valence electrons. The summed E-state index contributed by atoms with van der Waals surface area (Å²) in [7, 11) is 0. The van der Waals surface area contributed by atoms with Gasteiger partial charge in [0.2, 0.25) is 5.91 Å². The number of ether oxygens (including phenoxy) is 1. The number of amides is 2. The summed E-state index contributed by atoms with van der Waals surface area (Å²) in [6.07, 6.45) is 0. The van der Waals surface area contributed by atoms with Crippen molar-refractivity contribution in [3.63, 3.8) is 0 Å². The number of benzene rings is 1. The summed E-state index contributed by atoms with van der Waals surface area (Å²) in [6.45, 7) is 0.726. The molecular formula is C12H11Cl3N2O3. The number of hydrogen-bond donors (Lipinski definition) is 1. The molecule has 1 aromatic rings. The maximum atomic E-state index is 11.9. The molecule has 2 rings (SSSR count). The van der Waals surface area contributed by atoms with Crippen molar-refractivity contribution in [3.05, 3.63) is 27.2 Å². The highest BCUT2D eigenvalue weighted by atomic mass is 35.5. The Morgan fingerprint density at radius 3 is 2.65 bits per heavy atom. The van der Waals surface area contributed by atoms with E-state index in [-0.39, 0.29) is 40.8 Å². The first-order valence-corrected chi connectivity index (χ1v) is 6.92. The van der Waals surface area contributed by atoms with Crippen LogP contribution in [0, 0.1) is 0 Å². The van der Waals surface area contributed by atoms with E-state index in [1.165, 1.54) is 17.0 Å². The Kier molecular flexibility index (Phi) is 4.96. The zero-order chi connectivity index (χ0) is 14.7. The summed E-state index contributed by atoms with van der Waals surface area (Å²) < 4.78 is 5.32. The first-order valence-electron chi connectivity index (χ1n) is 5.79. The van der Waals surface area contributed by atoms with Crippen LogP contribution >= 0.6 is 34.8 Å². The van der Waals surface area contributed by atoms with Crippen molar-refractivity contribution in [2.75, 3.05) is 26.2 Å². The molecule has 0 radical (unpaired) electrons. The van der Waals surface area contributed by atoms with Crippen molar-refractivity contribution >= 4 is 46.6 Å². The lowest BCUT2D eigenvalue weighted by molar-refractivity contribution is -0.139. The molecule has 1 aliphatic heterocycles. The number of nitrogens with zero attached hydrogens (tertiary/aromatic N) is 1. The highest BCUT2D eigenvalue weighted by Crippen LogP contribution is 2.33. The van der Waals surface area contributed by atoms with Crippen molar-refractivity contribution in [1.29, 1.82) is 0 Å². The van der Waals surface area contributed by atoms with Gasteiger partial charge in [0.15, 0.2) is 6.61 Å². The van der Waals surface area contributed by atoms with Crippen LogP contribution in [-0.4, -0.2) is 43.0 Å². The Hall–Kier alpha value is -1.17. The third kappa shape index (κ3) is 3.69. The highest BCUT2D eigenvalue weighted by molar-refractivity contribution is 6.43. The summed E-state index contributed by atoms with van der Waals surface area (Å²) in [5, 5.41) is 3.50. The lowest BCUT2D eigenvalue weighted by atomic mass is 10.3. The molecule has 1 heterocycles. The molecule has 5 nitrogen and oxygen atoms in total. The quantitative estimate of drug-likeness (QED) is 0.858. The van der Waals surface area contributed by atoms with Gasteiger partial charge in [-0.3, -0.25) is 9.59 Å². The Morgan fingerprint density at radius 1 is 1.25 bits per heavy atom. The lowest BCUT2D eigenvalue weighted by Gasteiger charge is -2.26. The molecule has 1 aromatic carbocycles. The van der Waals surface area contributed by atoms with Crippen LogP contribution in [0.4, 0.5) is 0 Å². The van der Waals surface area contributed by atoms with E-state index in [4.69, 9.17) is 39.5 Å². The van der Waals surface area contributed by atoms with Gasteiger partial charge in [-0.05, 0) is 6.07 Å². The van der Waals surface area contributed by atoms with Gasteiger partial charge in [-0.1, -0.05) is 34.8 Å². The predicted octanol–water partition coefficient (Wildman–Crippen LogP) is 1.98. The van der Waals surface area contributed by atoms with Gasteiger partial charge in [0.05, 0.1) is 21.6 Å². The standard InChI is InChI=1S/C12H11Cl3N2O3/c13-7-3-9(15)10(4-8(7)14)20-6-12(19)17-2-1-16-11(18)5-17/h3-4H,1-2,5-6H2,(H,16,18). The van der Waals surface area contributed by atoms with Crippen molar-refractivity contribution in [3.8, 4) is 5.75 Å². The third-order valence-electron chi connectivity index (χ3n) is 2.72. The molecule has 1 N–H and O–H groups in total. The third-order valence-corrected chi connectivity index (χ3v) is 3.73. The van der Waals surface area contributed by atoms with Gasteiger partial charge >= 0.3 is 0 Å². The zero-order valence-electron chi connectivity index (χ0n) is 10.3. The van der Waals surface area contributed by atoms with Gasteiger partial charge in [-0.15, -0.1) is 0 Å². The van der Waals surface area contributed by atoms with Gasteiger partial charge in [-0.25, -0.2) is 0 Å². The normalized spacial score (nSPS) is 14.9. The van der Waals surface area contributed by atoms with Crippen LogP contribution in [-0.2, 0) is 9.59 Å². The van der Waals surface area contributed by atoms with Crippen LogP contribution in [0.1, 0.15) is 0 Å². The number of nitrogens with one attached hydrogen (secondary N) is 1. The van der Waals surface area contributed by atoms with Crippen molar-refractivity contribution in [2.45, 2.75) is 0 Å². The Bertz CT molecular complexity index is 551. The van der Waals surface area contributed by atoms with Crippen molar-refractivity contribution < 1.29 is 14.3 Å². The first kappa shape index (κ1) is 15.2. The van der Waals surface area contributed by atoms with E-state index in [0.717, 1.165) is 0 Å². The summed E-state index contributed by atoms with van der Waals surface area (Å²) in [5.74, 6) is -0.199. The first-order chi connectivity index (χ1) is 9.47. The fourth-order valence-corrected chi connectivity index (χ4v) is 2.29. The zero-order valence-corrected chi connectivity index (χ0v) is 12.6. The van der Waals surface area contributed by atoms with Crippen molar-refractivity contribution in [2.24, 2.45) is 0 Å². The van der Waals surface area contributed by atoms with E-state index in [2.05, 4.69) is 5.32 Å². The second-order valence-corrected chi connectivity index (χ2v) is 5.37. The molecule has 1 saturated heterocycles. The highest BCUT2D eigenvalue weighted by Gasteiger charge is 2.21. The van der Waals surface area contributed by atoms with E-state index < -0.39 is 0 Å². The molecule has 0 unspecified atom stereocenters. The van der Waals surface area contributed by atoms with Gasteiger partial charge in [-0.2, -0.15) is 0 Å². The number of carbonyl (C=O) groups excluding carboxylic acids is 2. The molecule has 2 amide bonds. The predicted molar refractivity (Wildman–Crippen MR) is 76.6 cm³/mol. The fourth-order valence-electron chi connectivity index (χ4n) is 1.70. The van der Waals surface area contributed by atoms with E-state index in [1.807, 2.05) is 0 Å². The molecule has 20 heavy (non-hydrogen) atoms. The molecule has 0 bridgehead atoms. The Labute approximate surface area is 130 Å². The molecule has 0 spiro atoms. The van der Waals surface area contributed by atoms with Gasteiger partial charge in [0.25, 0.3) is 5.91 Å². The monoisotopic (exact) mass is 336 g/mol. The molecular weight excluding hydrogens is 327 g/mol. The Morgan fingerprint density at radius 2 is 1.95 bits per heavy atom. The molecule has 1 aliphatic rings. The van der Waals surface area contributed by atoms with Crippen LogP contribution in [0.3, 0.4) is 0 Å². The van der Waals surface area contributed by atoms with Crippen LogP contribution < -0.4 is 10.1 Å². The number of piperazine rings is 1. The van der Waals surface area contributed by atoms with Crippen LogP contribution in [0.25, 0.3) is 0 Å². The minimum absolute atomic E-state index is 0.0390. The minimum atomic E-state index is -0.290. The van der Waals surface area contributed by atoms with Crippen LogP contribution in [0.5, 0.6) is 5.75 Å². The van der Waals surface area contributed by atoms with Crippen LogP contribution in [0.15, 0.2) is 12.1 Å². The van der Waals surface area contributed by atoms with E-state index in [1.54, 1.807) is 0 Å². The topological polar surface area (TPSA) is 58.6 Å². The summed E-state index contributed by atoms with van der Waals surface area (Å²) in [5.41, 5.74) is 0. The fraction of sp³-hybridized carbons (Fsp3) is 0.333. The molecule has 0 aliphatic carbocycles. The average molecular weight is 338 g/mol. The van der Waals surface area contributed by atoms with Gasteiger partial charge in [0.1, 0.15) is 5.75 Å². The van der Waals surface area contributed by atoms with Crippen LogP contribution in [0.2, 0.25) is 15.1 Å². The maximum absolute atomic E-state index is 11.9. The SMILES string of the molecule is O=C1CN(C(=O)COc2cc(Cl)c(Cl)cc2Cl)CCN1. The second-order valence-electron chi connectivity index (χ2n) is 4.15. The number of hydrogen-bond acceptors (Lipinski definition) is 3. The van der Waals surface area contributed by atoms with E-state index in [9.17, 15) is 9.59 Å². The Balaban J connectivity index is 1.96. The summed E-state index contributed by atoms with van der Waals surface area (Å²) in [6, 6.07) is 2.89. The van der Waals surface area contributed by atoms with Gasteiger partial charge in [0, 0.05) is 19.2 Å². The lowest BCUT2D eigenvalue weighted by Crippen LogP contribution is -2.51. The number of rotatable bonds is 3. The maximum Gasteiger partial charge on any atom is 0.261 e. The molecule has 0 aromatic heterocycles. The number of halogens is 3. The average Bonchev–Trinajstić information content (AvgIpc) is 2.41. The van der Waals surface area contributed by atoms with E-state index in [0.29, 0.717) is 18.1 Å². The molecule has 8 heteroatoms. The van der Waals surface area contributed by atoms with E-state index >= 15 is 0 Å². The largest absolute Gasteiger partial charge is 0.482 e. The number of carbonyl (C=O) groups is 2. The molecule has 1 fully saturated rings. The van der Waals surface area contributed by atoms with Gasteiger partial charge < -0.3 is 15.0 Å². The molecule has 0 saturated carbocycles. The summed E-state index contributed by atoms with van der Waals surface area (Å²) in [4.78, 5) is 24.5. The van der Waals surface area contributed by atoms with Crippen molar-refractivity contribution in [1.82, 2.24) is 10.2 Å². The summed E-state index contributed by atoms with van der Waals surface area (Å²) >= 11 is 17.6. The molecule has 0 atom stereocenters. The smallest absolute Gasteiger partial charge is 0.261 e. The second kappa shape index (κ2) is 6.52. The minimum Gasteiger partial charge on any atom is -0.482 e.